The molecule has 0 aliphatic carbocycles. The summed E-state index contributed by atoms with van der Waals surface area (Å²) in [7, 11) is 0. The van der Waals surface area contributed by atoms with Crippen LogP contribution in [0.5, 0.6) is 5.75 Å². The van der Waals surface area contributed by atoms with Crippen LogP contribution in [-0.4, -0.2) is 30.6 Å². The van der Waals surface area contributed by atoms with Gasteiger partial charge < -0.3 is 15.4 Å². The first-order chi connectivity index (χ1) is 11.8. The van der Waals surface area contributed by atoms with E-state index < -0.39 is 0 Å². The van der Waals surface area contributed by atoms with E-state index in [0.29, 0.717) is 13.2 Å². The highest BCUT2D eigenvalue weighted by Crippen LogP contribution is 2.14. The molecule has 0 bridgehead atoms. The van der Waals surface area contributed by atoms with Crippen molar-refractivity contribution >= 4 is 17.3 Å². The molecular formula is C18H26N4OS. The van der Waals surface area contributed by atoms with E-state index in [1.165, 1.54) is 4.88 Å². The normalized spacial score (nSPS) is 11.3. The summed E-state index contributed by atoms with van der Waals surface area (Å²) < 4.78 is 5.68. The molecule has 0 saturated carbocycles. The van der Waals surface area contributed by atoms with Gasteiger partial charge in [-0.15, -0.1) is 11.3 Å². The minimum absolute atomic E-state index is 0.612. The number of hydrogen-bond acceptors (Lipinski definition) is 4. The van der Waals surface area contributed by atoms with Gasteiger partial charge in [-0.2, -0.15) is 0 Å². The number of benzene rings is 1. The molecule has 2 rings (SSSR count). The van der Waals surface area contributed by atoms with Crippen molar-refractivity contribution < 1.29 is 4.74 Å². The Labute approximate surface area is 148 Å². The van der Waals surface area contributed by atoms with Gasteiger partial charge in [-0.3, -0.25) is 0 Å². The van der Waals surface area contributed by atoms with Crippen molar-refractivity contribution in [2.75, 3.05) is 19.7 Å². The van der Waals surface area contributed by atoms with E-state index in [4.69, 9.17) is 4.74 Å². The number of guanidine groups is 1. The summed E-state index contributed by atoms with van der Waals surface area (Å²) in [5.41, 5.74) is 0. The number of aryl methyl sites for hydroxylation is 1. The van der Waals surface area contributed by atoms with Gasteiger partial charge in [-0.05, 0) is 31.9 Å². The molecule has 2 N–H and O–H groups in total. The van der Waals surface area contributed by atoms with Crippen LogP contribution in [0.3, 0.4) is 0 Å². The van der Waals surface area contributed by atoms with Crippen molar-refractivity contribution in [3.05, 3.63) is 46.4 Å². The Balaban J connectivity index is 1.71. The average molecular weight is 346 g/mol. The lowest BCUT2D eigenvalue weighted by atomic mass is 10.3. The second kappa shape index (κ2) is 10.6. The maximum Gasteiger partial charge on any atom is 0.191 e. The minimum Gasteiger partial charge on any atom is -0.494 e. The van der Waals surface area contributed by atoms with Crippen LogP contribution < -0.4 is 15.4 Å². The number of thiazole rings is 1. The van der Waals surface area contributed by atoms with Crippen molar-refractivity contribution in [1.82, 2.24) is 15.6 Å². The molecule has 0 saturated heterocycles. The number of hydrogen-bond donors (Lipinski definition) is 2. The van der Waals surface area contributed by atoms with E-state index in [1.807, 2.05) is 36.5 Å². The summed E-state index contributed by atoms with van der Waals surface area (Å²) in [6.07, 6.45) is 3.88. The molecule has 0 fully saturated rings. The van der Waals surface area contributed by atoms with Crippen LogP contribution in [-0.2, 0) is 13.0 Å². The van der Waals surface area contributed by atoms with Crippen molar-refractivity contribution in [1.29, 1.82) is 0 Å². The van der Waals surface area contributed by atoms with Gasteiger partial charge in [-0.25, -0.2) is 9.98 Å². The molecule has 0 atom stereocenters. The number of rotatable bonds is 9. The van der Waals surface area contributed by atoms with Gasteiger partial charge in [-0.1, -0.05) is 25.1 Å². The first-order valence-electron chi connectivity index (χ1n) is 8.45. The second-order valence-corrected chi connectivity index (χ2v) is 6.41. The highest BCUT2D eigenvalue weighted by atomic mass is 32.1. The predicted molar refractivity (Wildman–Crippen MR) is 101 cm³/mol. The Morgan fingerprint density at radius 2 is 2.04 bits per heavy atom. The van der Waals surface area contributed by atoms with Crippen LogP contribution in [0, 0.1) is 0 Å². The maximum atomic E-state index is 5.68. The zero-order valence-corrected chi connectivity index (χ0v) is 15.2. The molecule has 0 unspecified atom stereocenters. The number of para-hydroxylation sites is 1. The van der Waals surface area contributed by atoms with Gasteiger partial charge in [0.1, 0.15) is 10.8 Å². The molecule has 1 aromatic heterocycles. The summed E-state index contributed by atoms with van der Waals surface area (Å²) in [5.74, 6) is 1.74. The lowest BCUT2D eigenvalue weighted by molar-refractivity contribution is 0.311. The predicted octanol–water partition coefficient (Wildman–Crippen LogP) is 3.23. The van der Waals surface area contributed by atoms with E-state index in [0.717, 1.165) is 42.6 Å². The Kier molecular flexibility index (Phi) is 8.10. The quantitative estimate of drug-likeness (QED) is 0.416. The minimum atomic E-state index is 0.612. The molecule has 1 heterocycles. The lowest BCUT2D eigenvalue weighted by Crippen LogP contribution is -2.38. The molecular weight excluding hydrogens is 320 g/mol. The first-order valence-corrected chi connectivity index (χ1v) is 9.27. The van der Waals surface area contributed by atoms with Crippen LogP contribution in [0.25, 0.3) is 0 Å². The monoisotopic (exact) mass is 346 g/mol. The van der Waals surface area contributed by atoms with E-state index >= 15 is 0 Å². The van der Waals surface area contributed by atoms with Gasteiger partial charge in [0, 0.05) is 24.2 Å². The SMILES string of the molecule is CCNC(=NCc1ncc(CC)s1)NCCCOc1ccccc1. The highest BCUT2D eigenvalue weighted by Gasteiger charge is 2.01. The molecule has 0 aliphatic rings. The standard InChI is InChI=1S/C18H26N4OS/c1-3-16-13-21-17(24-16)14-22-18(19-4-2)20-11-8-12-23-15-9-6-5-7-10-15/h5-7,9-10,13H,3-4,8,11-12,14H2,1-2H3,(H2,19,20,22). The molecule has 24 heavy (non-hydrogen) atoms. The van der Waals surface area contributed by atoms with Gasteiger partial charge in [0.05, 0.1) is 13.2 Å². The fourth-order valence-electron chi connectivity index (χ4n) is 2.06. The van der Waals surface area contributed by atoms with Crippen LogP contribution in [0.4, 0.5) is 0 Å². The van der Waals surface area contributed by atoms with Crippen LogP contribution in [0.2, 0.25) is 0 Å². The number of aliphatic imine (C=N–C) groups is 1. The van der Waals surface area contributed by atoms with Crippen molar-refractivity contribution in [2.24, 2.45) is 4.99 Å². The Morgan fingerprint density at radius 3 is 2.75 bits per heavy atom. The molecule has 0 aliphatic heterocycles. The third kappa shape index (κ3) is 6.58. The van der Waals surface area contributed by atoms with E-state index in [9.17, 15) is 0 Å². The lowest BCUT2D eigenvalue weighted by Gasteiger charge is -2.11. The molecule has 5 nitrogen and oxygen atoms in total. The summed E-state index contributed by atoms with van der Waals surface area (Å²) in [6.45, 7) is 7.16. The Hall–Kier alpha value is -2.08. The van der Waals surface area contributed by atoms with Gasteiger partial charge >= 0.3 is 0 Å². The molecule has 6 heteroatoms. The van der Waals surface area contributed by atoms with E-state index in [2.05, 4.69) is 34.5 Å². The van der Waals surface area contributed by atoms with Gasteiger partial charge in [0.2, 0.25) is 0 Å². The summed E-state index contributed by atoms with van der Waals surface area (Å²) in [6, 6.07) is 9.88. The van der Waals surface area contributed by atoms with Crippen molar-refractivity contribution in [3.8, 4) is 5.75 Å². The van der Waals surface area contributed by atoms with Crippen molar-refractivity contribution in [2.45, 2.75) is 33.2 Å². The topological polar surface area (TPSA) is 58.5 Å². The third-order valence-electron chi connectivity index (χ3n) is 3.29. The zero-order valence-electron chi connectivity index (χ0n) is 14.4. The van der Waals surface area contributed by atoms with Gasteiger partial charge in [0.25, 0.3) is 0 Å². The molecule has 1 aromatic carbocycles. The van der Waals surface area contributed by atoms with Crippen LogP contribution >= 0.6 is 11.3 Å². The summed E-state index contributed by atoms with van der Waals surface area (Å²) >= 11 is 1.73. The molecule has 2 aromatic rings. The number of nitrogens with one attached hydrogen (secondary N) is 2. The zero-order chi connectivity index (χ0) is 17.0. The third-order valence-corrected chi connectivity index (χ3v) is 4.42. The van der Waals surface area contributed by atoms with E-state index in [1.54, 1.807) is 11.3 Å². The van der Waals surface area contributed by atoms with Crippen LogP contribution in [0.1, 0.15) is 30.2 Å². The average Bonchev–Trinajstić information content (AvgIpc) is 3.08. The number of aromatic nitrogens is 1. The summed E-state index contributed by atoms with van der Waals surface area (Å²) in [4.78, 5) is 10.3. The molecule has 0 spiro atoms. The Bertz CT molecular complexity index is 612. The van der Waals surface area contributed by atoms with E-state index in [-0.39, 0.29) is 0 Å². The molecule has 130 valence electrons. The fourth-order valence-corrected chi connectivity index (χ4v) is 2.85. The second-order valence-electron chi connectivity index (χ2n) is 5.21. The summed E-state index contributed by atoms with van der Waals surface area (Å²) in [5, 5.41) is 7.64. The molecule has 0 amide bonds. The highest BCUT2D eigenvalue weighted by molar-refractivity contribution is 7.11. The van der Waals surface area contributed by atoms with Gasteiger partial charge in [0.15, 0.2) is 5.96 Å². The van der Waals surface area contributed by atoms with Crippen LogP contribution in [0.15, 0.2) is 41.5 Å². The number of ether oxygens (including phenoxy) is 1. The largest absolute Gasteiger partial charge is 0.494 e. The molecule has 0 radical (unpaired) electrons. The first kappa shape index (κ1) is 18.3. The number of nitrogens with zero attached hydrogens (tertiary/aromatic N) is 2. The Morgan fingerprint density at radius 1 is 1.21 bits per heavy atom. The smallest absolute Gasteiger partial charge is 0.191 e. The fraction of sp³-hybridized carbons (Fsp3) is 0.444. The van der Waals surface area contributed by atoms with Crippen molar-refractivity contribution in [3.63, 3.8) is 0 Å². The maximum absolute atomic E-state index is 5.68.